The van der Waals surface area contributed by atoms with Gasteiger partial charge in [0, 0.05) is 17.8 Å². The van der Waals surface area contributed by atoms with E-state index < -0.39 is 36.1 Å². The molecule has 6 heteroatoms. The Morgan fingerprint density at radius 1 is 1.08 bits per heavy atom. The lowest BCUT2D eigenvalue weighted by Crippen LogP contribution is -2.59. The number of carbonyl (C=O) groups is 1. The summed E-state index contributed by atoms with van der Waals surface area (Å²) in [6.45, 7) is 15.8. The van der Waals surface area contributed by atoms with Crippen LogP contribution in [0.15, 0.2) is 11.3 Å². The maximum Gasteiger partial charge on any atom is 0.303 e. The average Bonchev–Trinajstić information content (AvgIpc) is 3.44. The van der Waals surface area contributed by atoms with Crippen LogP contribution in [0.3, 0.4) is 0 Å². The van der Waals surface area contributed by atoms with Crippen molar-refractivity contribution >= 4 is 5.97 Å². The van der Waals surface area contributed by atoms with Crippen LogP contribution in [0.1, 0.15) is 107 Å². The first-order chi connectivity index (χ1) is 17.5. The summed E-state index contributed by atoms with van der Waals surface area (Å²) in [5.41, 5.74) is -0.469. The standard InChI is InChI=1S/C32H49FO5/c1-17-15-19(26(28(5,6)36)37-18(2)34)38-24-23(17)29(7)13-14-32-16-31(32)12-11-22(33)27(3,4)20(31)9-10-21(32)30(29,8)25(24)35/h17,19-22,25-26,35-36H,9-16H2,1-8H3. The fraction of sp³-hybridized carbons (Fsp3) is 0.906. The minimum Gasteiger partial charge on any atom is -0.488 e. The molecule has 6 rings (SSSR count). The second-order valence-electron chi connectivity index (χ2n) is 15.8. The van der Waals surface area contributed by atoms with Crippen molar-refractivity contribution in [3.8, 4) is 0 Å². The van der Waals surface area contributed by atoms with Gasteiger partial charge >= 0.3 is 5.97 Å². The summed E-state index contributed by atoms with van der Waals surface area (Å²) in [5.74, 6) is 1.15. The van der Waals surface area contributed by atoms with Crippen LogP contribution in [0, 0.1) is 44.8 Å². The van der Waals surface area contributed by atoms with Gasteiger partial charge in [0.2, 0.25) is 0 Å². The second-order valence-corrected chi connectivity index (χ2v) is 15.8. The maximum atomic E-state index is 15.2. The normalized spacial score (nSPS) is 51.4. The summed E-state index contributed by atoms with van der Waals surface area (Å²) in [5, 5.41) is 23.1. The number of alkyl halides is 1. The lowest BCUT2D eigenvalue weighted by Gasteiger charge is -2.63. The zero-order valence-corrected chi connectivity index (χ0v) is 24.7. The molecular formula is C32H49FO5. The monoisotopic (exact) mass is 532 g/mol. The van der Waals surface area contributed by atoms with Crippen molar-refractivity contribution in [1.82, 2.24) is 0 Å². The molecule has 2 spiro atoms. The van der Waals surface area contributed by atoms with Gasteiger partial charge in [-0.3, -0.25) is 4.79 Å². The molecule has 0 aromatic rings. The predicted octanol–water partition coefficient (Wildman–Crippen LogP) is 6.11. The highest BCUT2D eigenvalue weighted by atomic mass is 19.1. The van der Waals surface area contributed by atoms with Gasteiger partial charge in [-0.2, -0.15) is 0 Å². The molecule has 0 amide bonds. The first-order valence-electron chi connectivity index (χ1n) is 15.1. The third kappa shape index (κ3) is 3.03. The number of ether oxygens (including phenoxy) is 2. The number of hydrogen-bond donors (Lipinski definition) is 2. The molecule has 38 heavy (non-hydrogen) atoms. The molecule has 1 heterocycles. The van der Waals surface area contributed by atoms with Gasteiger partial charge in [-0.05, 0) is 105 Å². The van der Waals surface area contributed by atoms with Gasteiger partial charge in [0.1, 0.15) is 24.1 Å². The third-order valence-electron chi connectivity index (χ3n) is 13.5. The van der Waals surface area contributed by atoms with Crippen LogP contribution in [0.25, 0.3) is 0 Å². The number of halogens is 1. The van der Waals surface area contributed by atoms with E-state index in [1.165, 1.54) is 18.9 Å². The van der Waals surface area contributed by atoms with Crippen molar-refractivity contribution in [3.63, 3.8) is 0 Å². The van der Waals surface area contributed by atoms with Crippen molar-refractivity contribution in [2.45, 2.75) is 137 Å². The largest absolute Gasteiger partial charge is 0.488 e. The maximum absolute atomic E-state index is 15.2. The Kier molecular flexibility index (Phi) is 5.54. The van der Waals surface area contributed by atoms with E-state index in [0.29, 0.717) is 30.4 Å². The number of hydrogen-bond acceptors (Lipinski definition) is 5. The first-order valence-corrected chi connectivity index (χ1v) is 15.1. The van der Waals surface area contributed by atoms with E-state index in [2.05, 4.69) is 34.6 Å². The van der Waals surface area contributed by atoms with Crippen molar-refractivity contribution in [2.75, 3.05) is 0 Å². The summed E-state index contributed by atoms with van der Waals surface area (Å²) >= 11 is 0. The minimum absolute atomic E-state index is 0.144. The lowest BCUT2D eigenvalue weighted by atomic mass is 9.41. The number of aliphatic hydroxyl groups is 2. The van der Waals surface area contributed by atoms with Crippen LogP contribution in [-0.2, 0) is 14.3 Å². The van der Waals surface area contributed by atoms with Gasteiger partial charge in [0.05, 0.1) is 5.60 Å². The zero-order chi connectivity index (χ0) is 27.8. The van der Waals surface area contributed by atoms with Gasteiger partial charge in [0.15, 0.2) is 6.10 Å². The van der Waals surface area contributed by atoms with E-state index in [0.717, 1.165) is 32.1 Å². The molecule has 1 aliphatic heterocycles. The van der Waals surface area contributed by atoms with E-state index in [4.69, 9.17) is 9.47 Å². The summed E-state index contributed by atoms with van der Waals surface area (Å²) in [6, 6.07) is 0. The van der Waals surface area contributed by atoms with Crippen LogP contribution < -0.4 is 0 Å². The topological polar surface area (TPSA) is 76.0 Å². The Hall–Kier alpha value is -1.14. The summed E-state index contributed by atoms with van der Waals surface area (Å²) < 4.78 is 27.4. The minimum atomic E-state index is -1.27. The summed E-state index contributed by atoms with van der Waals surface area (Å²) in [6.07, 6.45) is 4.88. The molecule has 5 nitrogen and oxygen atoms in total. The number of carbonyl (C=O) groups excluding carboxylic acids is 1. The Morgan fingerprint density at radius 2 is 1.71 bits per heavy atom. The Bertz CT molecular complexity index is 1080. The van der Waals surface area contributed by atoms with E-state index >= 15 is 4.39 Å². The molecule has 0 bridgehead atoms. The SMILES string of the molecule is CC(=O)OC(C1CC(C)C2=C(O1)C(O)C1(C)C3CCC4C(C)(C)C(F)CCC45CC35CCC21C)C(C)(C)O. The molecule has 0 aromatic carbocycles. The molecule has 6 aliphatic rings. The van der Waals surface area contributed by atoms with Crippen LogP contribution in [0.5, 0.6) is 0 Å². The Labute approximate surface area is 227 Å². The Morgan fingerprint density at radius 3 is 2.34 bits per heavy atom. The number of fused-ring (bicyclic) bond motifs is 3. The van der Waals surface area contributed by atoms with E-state index in [9.17, 15) is 15.0 Å². The molecule has 0 radical (unpaired) electrons. The predicted molar refractivity (Wildman–Crippen MR) is 143 cm³/mol. The fourth-order valence-electron chi connectivity index (χ4n) is 11.7. The van der Waals surface area contributed by atoms with Crippen LogP contribution >= 0.6 is 0 Å². The third-order valence-corrected chi connectivity index (χ3v) is 13.5. The fourth-order valence-corrected chi connectivity index (χ4v) is 11.7. The highest BCUT2D eigenvalue weighted by molar-refractivity contribution is 5.66. The molecule has 0 aromatic heterocycles. The van der Waals surface area contributed by atoms with Crippen LogP contribution in [-0.4, -0.2) is 46.3 Å². The molecule has 2 N–H and O–H groups in total. The van der Waals surface area contributed by atoms with Crippen LogP contribution in [0.2, 0.25) is 0 Å². The van der Waals surface area contributed by atoms with Gasteiger partial charge in [0.25, 0.3) is 0 Å². The number of aliphatic hydroxyl groups excluding tert-OH is 1. The number of rotatable bonds is 3. The molecule has 214 valence electrons. The van der Waals surface area contributed by atoms with E-state index in [1.807, 2.05) is 0 Å². The summed E-state index contributed by atoms with van der Waals surface area (Å²) in [4.78, 5) is 11.9. The highest BCUT2D eigenvalue weighted by Crippen LogP contribution is 2.89. The molecule has 11 atom stereocenters. The second kappa shape index (κ2) is 7.78. The quantitative estimate of drug-likeness (QED) is 0.429. The zero-order valence-electron chi connectivity index (χ0n) is 24.7. The number of esters is 1. The molecule has 4 fully saturated rings. The molecule has 4 saturated carbocycles. The van der Waals surface area contributed by atoms with Crippen molar-refractivity contribution in [3.05, 3.63) is 11.3 Å². The van der Waals surface area contributed by atoms with Gasteiger partial charge in [-0.15, -0.1) is 0 Å². The van der Waals surface area contributed by atoms with Gasteiger partial charge in [-0.1, -0.05) is 34.6 Å². The van der Waals surface area contributed by atoms with Gasteiger partial charge in [-0.25, -0.2) is 4.39 Å². The smallest absolute Gasteiger partial charge is 0.303 e. The first kappa shape index (κ1) is 27.1. The van der Waals surface area contributed by atoms with Crippen molar-refractivity contribution < 1.29 is 28.9 Å². The van der Waals surface area contributed by atoms with Gasteiger partial charge < -0.3 is 19.7 Å². The average molecular weight is 533 g/mol. The highest BCUT2D eigenvalue weighted by Gasteiger charge is 2.83. The number of allylic oxidation sites excluding steroid dienone is 1. The molecule has 0 saturated heterocycles. The molecular weight excluding hydrogens is 483 g/mol. The van der Waals surface area contributed by atoms with Crippen molar-refractivity contribution in [1.29, 1.82) is 0 Å². The van der Waals surface area contributed by atoms with E-state index in [1.54, 1.807) is 13.8 Å². The van der Waals surface area contributed by atoms with E-state index in [-0.39, 0.29) is 33.0 Å². The molecule has 5 aliphatic carbocycles. The van der Waals surface area contributed by atoms with Crippen LogP contribution in [0.4, 0.5) is 4.39 Å². The Balaban J connectivity index is 1.36. The molecule has 11 unspecified atom stereocenters. The van der Waals surface area contributed by atoms with Crippen molar-refractivity contribution in [2.24, 2.45) is 44.8 Å². The lowest BCUT2D eigenvalue weighted by molar-refractivity contribution is -0.182. The summed E-state index contributed by atoms with van der Waals surface area (Å²) in [7, 11) is 0.